The van der Waals surface area contributed by atoms with E-state index in [9.17, 15) is 19.9 Å². The lowest BCUT2D eigenvalue weighted by molar-refractivity contribution is -0.890. The van der Waals surface area contributed by atoms with Crippen LogP contribution < -0.4 is 9.64 Å². The van der Waals surface area contributed by atoms with Crippen LogP contribution in [0, 0.1) is 16.5 Å². The van der Waals surface area contributed by atoms with Crippen molar-refractivity contribution in [2.24, 2.45) is 11.3 Å². The average Bonchev–Trinajstić information content (AvgIpc) is 3.51. The summed E-state index contributed by atoms with van der Waals surface area (Å²) in [6, 6.07) is 10.7. The van der Waals surface area contributed by atoms with Crippen LogP contribution in [0.15, 0.2) is 48.6 Å². The minimum Gasteiger partial charge on any atom is -0.633 e. The molecule has 7 aliphatic rings. The first-order chi connectivity index (χ1) is 28.7. The normalized spacial score (nSPS) is 39.5. The molecule has 3 aromatic rings. The van der Waals surface area contributed by atoms with E-state index >= 15 is 4.79 Å². The topological polar surface area (TPSA) is 166 Å². The Hall–Kier alpha value is -4.47. The smallest absolute Gasteiger partial charge is 0.344 e. The van der Waals surface area contributed by atoms with Gasteiger partial charge in [0.05, 0.1) is 40.5 Å². The highest BCUT2D eigenvalue weighted by Gasteiger charge is 2.80. The number of fused-ring (bicyclic) bond motifs is 8. The number of piperidine rings is 1. The van der Waals surface area contributed by atoms with Crippen molar-refractivity contribution in [1.82, 2.24) is 9.88 Å². The SMILES string of the molecule is CC[C@]12C[N+]3([O-])CCc4c([nH]c5ccccc45)[C@@](C(=O)OC)(c4cc5c(cc4OC)N(C)C4C56CCN5CC=C[C@](CC)([C@H]56)[C@@H](OC(C)=O)[C@]4(O)C(=O)OC)C[C@@H](C3)[C@H]1O2. The predicted octanol–water partition coefficient (Wildman–Crippen LogP) is 4.02. The summed E-state index contributed by atoms with van der Waals surface area (Å²) >= 11 is 0. The third kappa shape index (κ3) is 4.74. The molecule has 14 heteroatoms. The number of aliphatic hydroxyl groups is 1. The number of epoxide rings is 1. The van der Waals surface area contributed by atoms with Crippen LogP contribution in [0.2, 0.25) is 0 Å². The zero-order valence-electron chi connectivity index (χ0n) is 35.5. The van der Waals surface area contributed by atoms with E-state index in [-0.39, 0.29) is 24.5 Å². The van der Waals surface area contributed by atoms with Gasteiger partial charge >= 0.3 is 17.9 Å². The first-order valence-electron chi connectivity index (χ1n) is 21.5. The van der Waals surface area contributed by atoms with E-state index in [2.05, 4.69) is 22.9 Å². The average molecular weight is 825 g/mol. The number of nitrogens with zero attached hydrogens (tertiary/aromatic N) is 3. The first kappa shape index (κ1) is 39.7. The van der Waals surface area contributed by atoms with Gasteiger partial charge in [-0.15, -0.1) is 0 Å². The molecule has 10 rings (SSSR count). The molecule has 14 nitrogen and oxygen atoms in total. The third-order valence-electron chi connectivity index (χ3n) is 16.3. The second-order valence-electron chi connectivity index (χ2n) is 18.7. The summed E-state index contributed by atoms with van der Waals surface area (Å²) in [4.78, 5) is 50.9. The summed E-state index contributed by atoms with van der Waals surface area (Å²) in [6.07, 6.45) is 4.93. The van der Waals surface area contributed by atoms with E-state index in [1.54, 1.807) is 7.11 Å². The summed E-state index contributed by atoms with van der Waals surface area (Å²) in [5.41, 5.74) is -1.80. The van der Waals surface area contributed by atoms with Gasteiger partial charge in [-0.2, -0.15) is 0 Å². The van der Waals surface area contributed by atoms with Gasteiger partial charge in [-0.1, -0.05) is 44.2 Å². The Morgan fingerprint density at radius 3 is 2.52 bits per heavy atom. The van der Waals surface area contributed by atoms with Gasteiger partial charge in [0, 0.05) is 83.6 Å². The molecule has 2 aromatic carbocycles. The van der Waals surface area contributed by atoms with Gasteiger partial charge in [0.2, 0.25) is 5.60 Å². The number of aromatic nitrogens is 1. The van der Waals surface area contributed by atoms with E-state index in [0.717, 1.165) is 27.7 Å². The number of aromatic amines is 1. The lowest BCUT2D eigenvalue weighted by atomic mass is 9.47. The van der Waals surface area contributed by atoms with Crippen LogP contribution in [-0.2, 0) is 50.6 Å². The number of para-hydroxylation sites is 1. The molecule has 4 fully saturated rings. The third-order valence-corrected chi connectivity index (χ3v) is 16.3. The number of anilines is 1. The fourth-order valence-electron chi connectivity index (χ4n) is 14.1. The number of ether oxygens (including phenoxy) is 5. The van der Waals surface area contributed by atoms with E-state index in [1.165, 1.54) is 21.1 Å². The zero-order chi connectivity index (χ0) is 42.4. The zero-order valence-corrected chi connectivity index (χ0v) is 35.5. The summed E-state index contributed by atoms with van der Waals surface area (Å²) in [5, 5.41) is 29.2. The van der Waals surface area contributed by atoms with Gasteiger partial charge in [0.1, 0.15) is 29.4 Å². The molecule has 1 spiro atoms. The number of methoxy groups -OCH3 is 3. The van der Waals surface area contributed by atoms with E-state index in [1.807, 2.05) is 61.4 Å². The first-order valence-corrected chi connectivity index (χ1v) is 21.5. The van der Waals surface area contributed by atoms with Gasteiger partial charge < -0.3 is 48.5 Å². The molecule has 0 amide bonds. The standard InChI is InChI=1S/C46H56N4O10/c1-8-42-16-12-18-49-19-17-44(37(42)49)30-21-31(34(56-5)22-33(30)48(4)38(44)46(54,41(53)58-7)39(42)59-26(3)51)45(40(52)57-6)23-27-24-50(55,25-43(9-2)36(27)60-43)20-15-29-28-13-10-11-14-32(28)47-35(29)45/h10-14,16,21-22,27,36-39,47,54H,8-9,15,17-20,23-25H2,1-7H3/t27-,36+,37-,38?,39+,42+,43-,44?,45-,46-,50?/m0/s1. The molecule has 320 valence electrons. The van der Waals surface area contributed by atoms with Crippen LogP contribution in [0.3, 0.4) is 0 Å². The van der Waals surface area contributed by atoms with Crippen molar-refractivity contribution in [1.29, 1.82) is 0 Å². The highest BCUT2D eigenvalue weighted by Crippen LogP contribution is 2.68. The van der Waals surface area contributed by atoms with Crippen molar-refractivity contribution in [2.45, 2.75) is 99.2 Å². The maximum absolute atomic E-state index is 15.4. The molecule has 7 heterocycles. The Morgan fingerprint density at radius 2 is 1.82 bits per heavy atom. The minimum absolute atomic E-state index is 0.207. The quantitative estimate of drug-likeness (QED) is 0.0880. The lowest BCUT2D eigenvalue weighted by Crippen LogP contribution is -2.81. The molecule has 6 aliphatic heterocycles. The summed E-state index contributed by atoms with van der Waals surface area (Å²) in [7, 11) is 6.09. The number of rotatable bonds is 7. The molecular formula is C46H56N4O10. The highest BCUT2D eigenvalue weighted by molar-refractivity contribution is 5.95. The van der Waals surface area contributed by atoms with Crippen LogP contribution >= 0.6 is 0 Å². The largest absolute Gasteiger partial charge is 0.633 e. The number of quaternary nitrogens is 1. The number of esters is 3. The van der Waals surface area contributed by atoms with Crippen molar-refractivity contribution >= 4 is 34.5 Å². The number of carbonyl (C=O) groups excluding carboxylic acids is 3. The molecule has 1 saturated carbocycles. The fourth-order valence-corrected chi connectivity index (χ4v) is 14.1. The van der Waals surface area contributed by atoms with Crippen LogP contribution in [0.4, 0.5) is 5.69 Å². The molecule has 1 aromatic heterocycles. The Morgan fingerprint density at radius 1 is 1.05 bits per heavy atom. The number of benzene rings is 2. The van der Waals surface area contributed by atoms with Crippen molar-refractivity contribution in [3.63, 3.8) is 0 Å². The monoisotopic (exact) mass is 824 g/mol. The van der Waals surface area contributed by atoms with Crippen molar-refractivity contribution in [3.05, 3.63) is 76.1 Å². The van der Waals surface area contributed by atoms with Crippen LogP contribution in [0.25, 0.3) is 10.9 Å². The maximum Gasteiger partial charge on any atom is 0.344 e. The maximum atomic E-state index is 15.4. The van der Waals surface area contributed by atoms with E-state index in [0.29, 0.717) is 75.4 Å². The predicted molar refractivity (Wildman–Crippen MR) is 220 cm³/mol. The molecule has 11 atom stereocenters. The summed E-state index contributed by atoms with van der Waals surface area (Å²) < 4.78 is 30.0. The molecule has 3 unspecified atom stereocenters. The van der Waals surface area contributed by atoms with Gasteiger partial charge in [0.25, 0.3) is 0 Å². The number of H-pyrrole nitrogens is 1. The van der Waals surface area contributed by atoms with Crippen LogP contribution in [0.1, 0.15) is 68.8 Å². The van der Waals surface area contributed by atoms with Crippen molar-refractivity contribution in [3.8, 4) is 5.75 Å². The highest BCUT2D eigenvalue weighted by atomic mass is 16.6. The Bertz CT molecular complexity index is 2360. The van der Waals surface area contributed by atoms with E-state index in [4.69, 9.17) is 23.7 Å². The number of carbonyl (C=O) groups is 3. The lowest BCUT2D eigenvalue weighted by Gasteiger charge is -2.63. The number of likely N-dealkylation sites (N-methyl/N-ethyl adjacent to an activating group) is 1. The molecule has 2 N–H and O–H groups in total. The van der Waals surface area contributed by atoms with Crippen molar-refractivity contribution < 1.29 is 47.8 Å². The number of nitrogens with one attached hydrogen (secondary N) is 1. The summed E-state index contributed by atoms with van der Waals surface area (Å²) in [6.45, 7) is 7.64. The Balaban J connectivity index is 1.28. The number of hydroxylamine groups is 3. The minimum atomic E-state index is -2.32. The van der Waals surface area contributed by atoms with Crippen molar-refractivity contribution in [2.75, 3.05) is 66.0 Å². The van der Waals surface area contributed by atoms with Crippen LogP contribution in [0.5, 0.6) is 5.75 Å². The van der Waals surface area contributed by atoms with E-state index < -0.39 is 62.1 Å². The number of hydrogen-bond acceptors (Lipinski definition) is 12. The molecular weight excluding hydrogens is 769 g/mol. The molecule has 2 bridgehead atoms. The van der Waals surface area contributed by atoms with Gasteiger partial charge in [-0.25, -0.2) is 4.79 Å². The Labute approximate surface area is 349 Å². The van der Waals surface area contributed by atoms with Gasteiger partial charge in [-0.05, 0) is 55.5 Å². The molecule has 1 aliphatic carbocycles. The Kier molecular flexibility index (Phi) is 8.61. The fraction of sp³-hybridized carbons (Fsp3) is 0.587. The number of hydrogen-bond donors (Lipinski definition) is 2. The van der Waals surface area contributed by atoms with Crippen LogP contribution in [-0.4, -0.2) is 134 Å². The molecule has 60 heavy (non-hydrogen) atoms. The molecule has 3 saturated heterocycles. The van der Waals surface area contributed by atoms with Gasteiger partial charge in [-0.3, -0.25) is 14.5 Å². The summed E-state index contributed by atoms with van der Waals surface area (Å²) in [5.74, 6) is -1.88. The second kappa shape index (κ2) is 13.0. The van der Waals surface area contributed by atoms with Gasteiger partial charge in [0.15, 0.2) is 6.10 Å². The second-order valence-corrected chi connectivity index (χ2v) is 18.7. The molecule has 0 radical (unpaired) electrons.